The van der Waals surface area contributed by atoms with Crippen LogP contribution in [0.1, 0.15) is 11.1 Å². The fraction of sp³-hybridized carbons (Fsp3) is 0.0625. The minimum absolute atomic E-state index is 0.259. The number of fused-ring (bicyclic) bond motifs is 1. The van der Waals surface area contributed by atoms with Gasteiger partial charge in [-0.05, 0) is 57.9 Å². The van der Waals surface area contributed by atoms with Gasteiger partial charge in [0.2, 0.25) is 0 Å². The first-order chi connectivity index (χ1) is 9.67. The van der Waals surface area contributed by atoms with Gasteiger partial charge in [-0.1, -0.05) is 6.07 Å². The fourth-order valence-electron chi connectivity index (χ4n) is 2.24. The number of rotatable bonds is 2. The molecule has 0 atom stereocenters. The average molecular weight is 329 g/mol. The Balaban J connectivity index is 1.98. The number of benzene rings is 2. The first-order valence-corrected chi connectivity index (χ1v) is 6.89. The molecule has 20 heavy (non-hydrogen) atoms. The maximum Gasteiger partial charge on any atom is 0.137 e. The van der Waals surface area contributed by atoms with Crippen LogP contribution in [-0.4, -0.2) is 4.57 Å². The highest BCUT2D eigenvalue weighted by atomic mass is 79.9. The smallest absolute Gasteiger partial charge is 0.137 e. The van der Waals surface area contributed by atoms with Crippen LogP contribution in [-0.2, 0) is 6.54 Å². The van der Waals surface area contributed by atoms with Gasteiger partial charge in [-0.3, -0.25) is 0 Å². The molecule has 0 N–H and O–H groups in total. The summed E-state index contributed by atoms with van der Waals surface area (Å²) in [5, 5.41) is 9.93. The summed E-state index contributed by atoms with van der Waals surface area (Å²) in [6.07, 6.45) is 1.98. The molecular formula is C16H10BrFN2. The van der Waals surface area contributed by atoms with E-state index in [-0.39, 0.29) is 5.82 Å². The van der Waals surface area contributed by atoms with Crippen LogP contribution in [0.3, 0.4) is 0 Å². The van der Waals surface area contributed by atoms with Gasteiger partial charge in [-0.25, -0.2) is 4.39 Å². The third-order valence-electron chi connectivity index (χ3n) is 3.24. The number of hydrogen-bond acceptors (Lipinski definition) is 1. The van der Waals surface area contributed by atoms with Crippen LogP contribution in [0.25, 0.3) is 10.9 Å². The first-order valence-electron chi connectivity index (χ1n) is 6.10. The van der Waals surface area contributed by atoms with Crippen LogP contribution in [0.5, 0.6) is 0 Å². The zero-order chi connectivity index (χ0) is 14.1. The molecule has 0 amide bonds. The quantitative estimate of drug-likeness (QED) is 0.682. The molecule has 2 aromatic carbocycles. The Labute approximate surface area is 124 Å². The maximum absolute atomic E-state index is 13.2. The van der Waals surface area contributed by atoms with Crippen molar-refractivity contribution in [1.82, 2.24) is 4.57 Å². The van der Waals surface area contributed by atoms with Crippen molar-refractivity contribution in [2.45, 2.75) is 6.54 Å². The Bertz CT molecular complexity index is 830. The van der Waals surface area contributed by atoms with Crippen LogP contribution in [0.15, 0.2) is 53.1 Å². The lowest BCUT2D eigenvalue weighted by Gasteiger charge is -2.07. The SMILES string of the molecule is N#Cc1ccc2c(ccn2Cc2ccc(F)c(Br)c2)c1. The van der Waals surface area contributed by atoms with E-state index in [2.05, 4.69) is 26.6 Å². The topological polar surface area (TPSA) is 28.7 Å². The summed E-state index contributed by atoms with van der Waals surface area (Å²) in [6.45, 7) is 0.661. The summed E-state index contributed by atoms with van der Waals surface area (Å²) >= 11 is 3.20. The minimum Gasteiger partial charge on any atom is -0.343 e. The summed E-state index contributed by atoms with van der Waals surface area (Å²) in [6, 6.07) is 14.7. The van der Waals surface area contributed by atoms with Crippen molar-refractivity contribution in [2.75, 3.05) is 0 Å². The molecule has 0 saturated carbocycles. The van der Waals surface area contributed by atoms with Crippen LogP contribution in [0.4, 0.5) is 4.39 Å². The van der Waals surface area contributed by atoms with E-state index in [0.717, 1.165) is 16.5 Å². The lowest BCUT2D eigenvalue weighted by molar-refractivity contribution is 0.619. The Morgan fingerprint density at radius 2 is 2.00 bits per heavy atom. The van der Waals surface area contributed by atoms with Gasteiger partial charge in [-0.15, -0.1) is 0 Å². The largest absolute Gasteiger partial charge is 0.343 e. The Morgan fingerprint density at radius 1 is 1.15 bits per heavy atom. The van der Waals surface area contributed by atoms with E-state index in [0.29, 0.717) is 16.6 Å². The lowest BCUT2D eigenvalue weighted by atomic mass is 10.2. The summed E-state index contributed by atoms with van der Waals surface area (Å²) in [5.41, 5.74) is 2.73. The van der Waals surface area contributed by atoms with E-state index in [1.807, 2.05) is 24.4 Å². The predicted octanol–water partition coefficient (Wildman–Crippen LogP) is 4.46. The maximum atomic E-state index is 13.2. The number of halogens is 2. The Kier molecular flexibility index (Phi) is 3.29. The monoisotopic (exact) mass is 328 g/mol. The van der Waals surface area contributed by atoms with Gasteiger partial charge in [0.15, 0.2) is 0 Å². The van der Waals surface area contributed by atoms with Gasteiger partial charge in [0, 0.05) is 23.6 Å². The molecule has 0 unspecified atom stereocenters. The van der Waals surface area contributed by atoms with E-state index in [4.69, 9.17) is 5.26 Å². The standard InChI is InChI=1S/C16H10BrFN2/c17-14-8-12(1-3-15(14)18)10-20-6-5-13-7-11(9-19)2-4-16(13)20/h1-8H,10H2. The molecule has 0 saturated heterocycles. The number of nitriles is 1. The normalized spacial score (nSPS) is 10.7. The van der Waals surface area contributed by atoms with E-state index >= 15 is 0 Å². The third kappa shape index (κ3) is 2.33. The van der Waals surface area contributed by atoms with Gasteiger partial charge >= 0.3 is 0 Å². The second kappa shape index (κ2) is 5.10. The number of aromatic nitrogens is 1. The van der Waals surface area contributed by atoms with Crippen molar-refractivity contribution in [3.8, 4) is 6.07 Å². The summed E-state index contributed by atoms with van der Waals surface area (Å²) in [7, 11) is 0. The summed E-state index contributed by atoms with van der Waals surface area (Å²) < 4.78 is 15.8. The van der Waals surface area contributed by atoms with Crippen LogP contribution in [0.2, 0.25) is 0 Å². The van der Waals surface area contributed by atoms with E-state index in [9.17, 15) is 4.39 Å². The number of hydrogen-bond donors (Lipinski definition) is 0. The summed E-state index contributed by atoms with van der Waals surface area (Å²) in [4.78, 5) is 0. The summed E-state index contributed by atoms with van der Waals surface area (Å²) in [5.74, 6) is -0.259. The second-order valence-corrected chi connectivity index (χ2v) is 5.43. The van der Waals surface area contributed by atoms with E-state index in [1.165, 1.54) is 6.07 Å². The lowest BCUT2D eigenvalue weighted by Crippen LogP contribution is -1.98. The van der Waals surface area contributed by atoms with Gasteiger partial charge in [0.05, 0.1) is 16.1 Å². The zero-order valence-corrected chi connectivity index (χ0v) is 12.1. The predicted molar refractivity (Wildman–Crippen MR) is 79.9 cm³/mol. The van der Waals surface area contributed by atoms with Crippen molar-refractivity contribution in [3.05, 3.63) is 70.1 Å². The molecule has 4 heteroatoms. The van der Waals surface area contributed by atoms with Crippen molar-refractivity contribution in [3.63, 3.8) is 0 Å². The van der Waals surface area contributed by atoms with E-state index in [1.54, 1.807) is 18.2 Å². The van der Waals surface area contributed by atoms with Gasteiger partial charge < -0.3 is 4.57 Å². The van der Waals surface area contributed by atoms with Crippen molar-refractivity contribution < 1.29 is 4.39 Å². The highest BCUT2D eigenvalue weighted by molar-refractivity contribution is 9.10. The van der Waals surface area contributed by atoms with E-state index < -0.39 is 0 Å². The zero-order valence-electron chi connectivity index (χ0n) is 10.5. The molecule has 2 nitrogen and oxygen atoms in total. The highest BCUT2D eigenvalue weighted by Gasteiger charge is 2.05. The second-order valence-electron chi connectivity index (χ2n) is 4.58. The molecule has 3 rings (SSSR count). The number of nitrogens with zero attached hydrogens (tertiary/aromatic N) is 2. The van der Waals surface area contributed by atoms with Crippen molar-refractivity contribution >= 4 is 26.8 Å². The third-order valence-corrected chi connectivity index (χ3v) is 3.84. The molecular weight excluding hydrogens is 319 g/mol. The molecule has 0 fully saturated rings. The molecule has 0 aliphatic rings. The minimum atomic E-state index is -0.259. The first kappa shape index (κ1) is 12.9. The molecule has 1 aromatic heterocycles. The molecule has 1 heterocycles. The molecule has 3 aromatic rings. The molecule has 0 aliphatic heterocycles. The Morgan fingerprint density at radius 3 is 2.75 bits per heavy atom. The highest BCUT2D eigenvalue weighted by Crippen LogP contribution is 2.21. The molecule has 0 bridgehead atoms. The molecule has 0 spiro atoms. The average Bonchev–Trinajstić information content (AvgIpc) is 2.85. The van der Waals surface area contributed by atoms with Gasteiger partial charge in [-0.2, -0.15) is 5.26 Å². The van der Waals surface area contributed by atoms with Crippen LogP contribution < -0.4 is 0 Å². The van der Waals surface area contributed by atoms with Crippen molar-refractivity contribution in [1.29, 1.82) is 5.26 Å². The van der Waals surface area contributed by atoms with Crippen molar-refractivity contribution in [2.24, 2.45) is 0 Å². The van der Waals surface area contributed by atoms with Gasteiger partial charge in [0.25, 0.3) is 0 Å². The van der Waals surface area contributed by atoms with Gasteiger partial charge in [0.1, 0.15) is 5.82 Å². The molecule has 0 radical (unpaired) electrons. The molecule has 98 valence electrons. The van der Waals surface area contributed by atoms with Crippen LogP contribution >= 0.6 is 15.9 Å². The molecule has 0 aliphatic carbocycles. The Hall–Kier alpha value is -2.12. The fourth-order valence-corrected chi connectivity index (χ4v) is 2.67. The van der Waals surface area contributed by atoms with Crippen LogP contribution in [0, 0.1) is 17.1 Å².